The molecule has 4 aliphatic rings. The normalized spacial score (nSPS) is 23.3. The fourth-order valence-electron chi connectivity index (χ4n) is 6.81. The maximum Gasteiger partial charge on any atom is 0.341 e. The van der Waals surface area contributed by atoms with E-state index >= 15 is 0 Å². The lowest BCUT2D eigenvalue weighted by molar-refractivity contribution is -0.204. The summed E-state index contributed by atoms with van der Waals surface area (Å²) >= 11 is 0. The van der Waals surface area contributed by atoms with Gasteiger partial charge in [0.1, 0.15) is 42.5 Å². The molecule has 0 bridgehead atoms. The molecule has 3 N–H and O–H groups in total. The predicted octanol–water partition coefficient (Wildman–Crippen LogP) is 3.51. The van der Waals surface area contributed by atoms with E-state index in [-0.39, 0.29) is 18.1 Å². The van der Waals surface area contributed by atoms with Crippen LogP contribution in [0.25, 0.3) is 0 Å². The molecule has 1 spiro atoms. The number of benzene rings is 2. The molecule has 2 aromatic heterocycles. The van der Waals surface area contributed by atoms with Gasteiger partial charge >= 0.3 is 12.0 Å². The van der Waals surface area contributed by atoms with E-state index in [2.05, 4.69) is 37.7 Å². The first-order valence-electron chi connectivity index (χ1n) is 15.2. The lowest BCUT2D eigenvalue weighted by atomic mass is 10.1. The molecule has 4 atom stereocenters. The molecule has 3 aliphatic heterocycles. The molecule has 14 heteroatoms. The van der Waals surface area contributed by atoms with E-state index in [0.29, 0.717) is 42.5 Å². The molecule has 1 aliphatic carbocycles. The van der Waals surface area contributed by atoms with Crippen molar-refractivity contribution in [3.05, 3.63) is 95.9 Å². The van der Waals surface area contributed by atoms with Crippen molar-refractivity contribution in [1.82, 2.24) is 15.0 Å². The molecule has 8 rings (SSSR count). The average Bonchev–Trinajstić information content (AvgIpc) is 3.81. The molecular formula is C33H31N7O7. The zero-order valence-electron chi connectivity index (χ0n) is 25.3. The van der Waals surface area contributed by atoms with Crippen LogP contribution < -0.4 is 25.2 Å². The molecule has 2 amide bonds. The fourth-order valence-corrected chi connectivity index (χ4v) is 6.81. The maximum atomic E-state index is 12.9. The minimum atomic E-state index is -1.14. The van der Waals surface area contributed by atoms with Crippen molar-refractivity contribution in [3.63, 3.8) is 0 Å². The van der Waals surface area contributed by atoms with E-state index < -0.39 is 42.3 Å². The fraction of sp³-hybridized carbons (Fsp3) is 0.303. The van der Waals surface area contributed by atoms with Gasteiger partial charge < -0.3 is 39.2 Å². The Morgan fingerprint density at radius 2 is 1.70 bits per heavy atom. The molecule has 5 heterocycles. The number of carboxylic acids is 1. The summed E-state index contributed by atoms with van der Waals surface area (Å²) in [5.41, 5.74) is 3.55. The topological polar surface area (TPSA) is 160 Å². The molecule has 4 aromatic rings. The van der Waals surface area contributed by atoms with E-state index in [1.54, 1.807) is 18.2 Å². The number of nitrogens with zero attached hydrogens (tertiary/aromatic N) is 5. The largest absolute Gasteiger partial charge is 0.477 e. The minimum Gasteiger partial charge on any atom is -0.477 e. The predicted molar refractivity (Wildman–Crippen MR) is 169 cm³/mol. The van der Waals surface area contributed by atoms with Gasteiger partial charge in [-0.2, -0.15) is 0 Å². The smallest absolute Gasteiger partial charge is 0.341 e. The van der Waals surface area contributed by atoms with Crippen LogP contribution in [0.5, 0.6) is 5.88 Å². The number of aromatic nitrogens is 3. The van der Waals surface area contributed by atoms with Crippen LogP contribution in [0.1, 0.15) is 21.5 Å². The van der Waals surface area contributed by atoms with Gasteiger partial charge in [0.25, 0.3) is 0 Å². The van der Waals surface area contributed by atoms with Gasteiger partial charge in [-0.15, -0.1) is 0 Å². The van der Waals surface area contributed by atoms with Crippen LogP contribution in [0.2, 0.25) is 0 Å². The Morgan fingerprint density at radius 3 is 2.47 bits per heavy atom. The van der Waals surface area contributed by atoms with Gasteiger partial charge in [-0.25, -0.2) is 24.5 Å². The van der Waals surface area contributed by atoms with Gasteiger partial charge in [0.05, 0.1) is 6.67 Å². The number of urea groups is 1. The van der Waals surface area contributed by atoms with Gasteiger partial charge in [-0.05, 0) is 35.4 Å². The number of rotatable bonds is 7. The molecule has 0 radical (unpaired) electrons. The van der Waals surface area contributed by atoms with Gasteiger partial charge in [-0.3, -0.25) is 5.32 Å². The van der Waals surface area contributed by atoms with Gasteiger partial charge in [-0.1, -0.05) is 42.5 Å². The summed E-state index contributed by atoms with van der Waals surface area (Å²) < 4.78 is 26.1. The summed E-state index contributed by atoms with van der Waals surface area (Å²) in [6.07, 6.45) is 1.71. The average molecular weight is 638 g/mol. The number of aromatic carboxylic acids is 1. The number of amides is 2. The molecule has 240 valence electrons. The number of pyridine rings is 1. The number of nitrogens with one attached hydrogen (secondary N) is 2. The molecule has 0 saturated carbocycles. The highest BCUT2D eigenvalue weighted by atomic mass is 16.8. The van der Waals surface area contributed by atoms with E-state index in [0.717, 1.165) is 0 Å². The van der Waals surface area contributed by atoms with Crippen molar-refractivity contribution in [2.75, 3.05) is 40.8 Å². The highest BCUT2D eigenvalue weighted by Gasteiger charge is 2.62. The van der Waals surface area contributed by atoms with Crippen LogP contribution in [0.15, 0.2) is 79.3 Å². The second kappa shape index (κ2) is 11.5. The highest BCUT2D eigenvalue weighted by Crippen LogP contribution is 2.49. The lowest BCUT2D eigenvalue weighted by Crippen LogP contribution is -2.46. The van der Waals surface area contributed by atoms with Crippen molar-refractivity contribution >= 4 is 35.0 Å². The minimum absolute atomic E-state index is 0.00557. The molecule has 2 saturated heterocycles. The van der Waals surface area contributed by atoms with Crippen LogP contribution in [0.3, 0.4) is 0 Å². The number of anilines is 4. The monoisotopic (exact) mass is 637 g/mol. The summed E-state index contributed by atoms with van der Waals surface area (Å²) in [6, 6.07) is 19.8. The highest BCUT2D eigenvalue weighted by molar-refractivity contribution is 6.02. The molecule has 47 heavy (non-hydrogen) atoms. The first-order valence-corrected chi connectivity index (χ1v) is 15.2. The number of carbonyl (C=O) groups is 2. The van der Waals surface area contributed by atoms with Crippen molar-refractivity contribution < 1.29 is 33.6 Å². The maximum absolute atomic E-state index is 12.9. The van der Waals surface area contributed by atoms with E-state index in [1.807, 2.05) is 47.2 Å². The van der Waals surface area contributed by atoms with Crippen molar-refractivity contribution in [2.45, 2.75) is 43.2 Å². The third kappa shape index (κ3) is 5.25. The molecule has 2 fully saturated rings. The van der Waals surface area contributed by atoms with Crippen molar-refractivity contribution in [3.8, 4) is 5.88 Å². The van der Waals surface area contributed by atoms with Crippen LogP contribution >= 0.6 is 0 Å². The summed E-state index contributed by atoms with van der Waals surface area (Å²) in [4.78, 5) is 41.7. The van der Waals surface area contributed by atoms with E-state index in [9.17, 15) is 14.7 Å². The number of carboxylic acid groups (broad SMARTS) is 1. The summed E-state index contributed by atoms with van der Waals surface area (Å²) in [6.45, 7) is 0.346. The number of hydrogen-bond acceptors (Lipinski definition) is 11. The zero-order chi connectivity index (χ0) is 32.1. The Balaban J connectivity index is 1.07. The number of fused-ring (bicyclic) bond motifs is 3. The Labute approximate surface area is 269 Å². The van der Waals surface area contributed by atoms with Crippen LogP contribution in [0.4, 0.5) is 27.8 Å². The standard InChI is InChI=1S/C33H31N7O7/c1-39-18-40(28-24(39)27(35-17-36-28)38-32(43)37-21-10-3-2-4-11-21)30-26-25(46-33(47-26)14-19-8-5-6-9-20(19)15-33)23(45-30)16-44-29-22(31(41)42)12-7-13-34-29/h2-13,17,23,25-26,30H,14-16,18H2,1H3,(H,41,42)(H2,35,36,37,38,43). The number of hydrogen-bond donors (Lipinski definition) is 3. The molecular weight excluding hydrogens is 606 g/mol. The van der Waals surface area contributed by atoms with Gasteiger partial charge in [0.2, 0.25) is 5.88 Å². The molecule has 4 unspecified atom stereocenters. The van der Waals surface area contributed by atoms with E-state index in [4.69, 9.17) is 18.9 Å². The van der Waals surface area contributed by atoms with Crippen LogP contribution in [0, 0.1) is 0 Å². The van der Waals surface area contributed by atoms with Crippen LogP contribution in [-0.2, 0) is 27.1 Å². The Hall–Kier alpha value is -5.31. The first-order chi connectivity index (χ1) is 22.9. The third-order valence-corrected chi connectivity index (χ3v) is 8.80. The summed E-state index contributed by atoms with van der Waals surface area (Å²) in [5.74, 6) is -1.13. The van der Waals surface area contributed by atoms with Gasteiger partial charge in [0.15, 0.2) is 23.7 Å². The zero-order valence-corrected chi connectivity index (χ0v) is 25.3. The van der Waals surface area contributed by atoms with Crippen LogP contribution in [-0.4, -0.2) is 82.7 Å². The van der Waals surface area contributed by atoms with Crippen molar-refractivity contribution in [2.24, 2.45) is 0 Å². The quantitative estimate of drug-likeness (QED) is 0.271. The SMILES string of the molecule is CN1CN(C2OC(COc3ncccc3C(=O)O)C3OC4(Cc5ccccc5C4)OC32)c2ncnc(NC(=O)Nc3ccccc3)c21. The summed E-state index contributed by atoms with van der Waals surface area (Å²) in [5, 5.41) is 15.3. The Kier molecular flexibility index (Phi) is 7.12. The third-order valence-electron chi connectivity index (χ3n) is 8.80. The van der Waals surface area contributed by atoms with Crippen molar-refractivity contribution in [1.29, 1.82) is 0 Å². The molecule has 14 nitrogen and oxygen atoms in total. The summed E-state index contributed by atoms with van der Waals surface area (Å²) in [7, 11) is 1.88. The Bertz CT molecular complexity index is 1820. The lowest BCUT2D eigenvalue weighted by Gasteiger charge is -2.31. The number of para-hydroxylation sites is 1. The second-order valence-corrected chi connectivity index (χ2v) is 11.9. The van der Waals surface area contributed by atoms with E-state index in [1.165, 1.54) is 29.7 Å². The first kappa shape index (κ1) is 29.1. The number of carbonyl (C=O) groups excluding carboxylic acids is 1. The number of ether oxygens (including phenoxy) is 4. The molecule has 2 aromatic carbocycles. The Morgan fingerprint density at radius 1 is 0.957 bits per heavy atom. The second-order valence-electron chi connectivity index (χ2n) is 11.9. The van der Waals surface area contributed by atoms with Gasteiger partial charge in [0, 0.05) is 31.8 Å².